The van der Waals surface area contributed by atoms with Crippen molar-refractivity contribution >= 4 is 164 Å². The van der Waals surface area contributed by atoms with Crippen LogP contribution in [-0.2, 0) is 35.2 Å². The van der Waals surface area contributed by atoms with E-state index < -0.39 is 12.7 Å². The Labute approximate surface area is 813 Å². The smallest absolute Gasteiger partial charge is 0.227 e. The van der Waals surface area contributed by atoms with Crippen molar-refractivity contribution in [3.05, 3.63) is 359 Å². The number of para-hydroxylation sites is 1. The molecule has 0 saturated carbocycles. The predicted molar refractivity (Wildman–Crippen MR) is 568 cm³/mol. The van der Waals surface area contributed by atoms with Gasteiger partial charge in [-0.3, -0.25) is 0 Å². The summed E-state index contributed by atoms with van der Waals surface area (Å²) in [6, 6.07) is 91.0. The summed E-state index contributed by atoms with van der Waals surface area (Å²) in [5.41, 5.74) is 34.0. The largest absolute Gasteiger partial charge is 0.437 e. The van der Waals surface area contributed by atoms with Gasteiger partial charge >= 0.3 is 0 Å². The van der Waals surface area contributed by atoms with Crippen molar-refractivity contribution in [1.82, 2.24) is 24.9 Å². The summed E-state index contributed by atoms with van der Waals surface area (Å²) in [5, 5.41) is 21.2. The Morgan fingerprint density at radius 1 is 0.259 bits per heavy atom. The third-order valence-corrected chi connectivity index (χ3v) is 27.8. The van der Waals surface area contributed by atoms with E-state index in [1.807, 2.05) is 102 Å². The second-order valence-electron chi connectivity index (χ2n) is 38.2. The van der Waals surface area contributed by atoms with Crippen molar-refractivity contribution in [2.75, 3.05) is 0 Å². The van der Waals surface area contributed by atoms with Crippen LogP contribution in [-0.4, -0.2) is 24.9 Å². The molecule has 0 aliphatic rings. The summed E-state index contributed by atoms with van der Waals surface area (Å²) in [7, 11) is 10.4. The predicted octanol–water partition coefficient (Wildman–Crippen LogP) is 29.6. The number of rotatable bonds is 8. The Morgan fingerprint density at radius 2 is 0.554 bits per heavy atom. The highest BCUT2D eigenvalue weighted by Crippen LogP contribution is 2.46. The van der Waals surface area contributed by atoms with Crippen LogP contribution in [0.25, 0.3) is 221 Å². The maximum absolute atomic E-state index is 8.49. The molecular weight excluding hydrogens is 1710 g/mol. The number of pyridine rings is 10. The van der Waals surface area contributed by atoms with E-state index >= 15 is 0 Å². The van der Waals surface area contributed by atoms with Gasteiger partial charge in [0.1, 0.15) is 35.2 Å². The molecule has 0 fully saturated rings. The van der Waals surface area contributed by atoms with Crippen molar-refractivity contribution in [2.24, 2.45) is 35.2 Å². The van der Waals surface area contributed by atoms with E-state index in [-0.39, 0.29) is 0 Å². The molecule has 1 unspecified atom stereocenters. The summed E-state index contributed by atoms with van der Waals surface area (Å²) in [6.45, 7) is 28.5. The Kier molecular flexibility index (Phi) is 21.7. The van der Waals surface area contributed by atoms with E-state index in [9.17, 15) is 0 Å². The number of nitrogens with zero attached hydrogens (tertiary/aromatic N) is 10. The van der Waals surface area contributed by atoms with E-state index in [4.69, 9.17) is 27.6 Å². The van der Waals surface area contributed by atoms with E-state index in [0.29, 0.717) is 46.0 Å². The summed E-state index contributed by atoms with van der Waals surface area (Å²) < 4.78 is 74.2. The monoisotopic (exact) mass is 1830 g/mol. The lowest BCUT2D eigenvalue weighted by atomic mass is 9.94. The van der Waals surface area contributed by atoms with Crippen LogP contribution >= 0.6 is 0 Å². The first kappa shape index (κ1) is 84.7. The molecule has 15 nitrogen and oxygen atoms in total. The van der Waals surface area contributed by atoms with Gasteiger partial charge in [0.05, 0.1) is 44.0 Å². The van der Waals surface area contributed by atoms with Gasteiger partial charge in [-0.25, -0.2) is 43.2 Å². The molecule has 15 heteroatoms. The SMILES string of the molecule is Cc1ccc2c(n1)oc1c(-c3c4ccc(C(C)C)cc4cc[n+]3C)c(C)ccc12.Cc1ccc2c(n1)oc1c(-c3c4ccc(C(C)C)cc4cc[n+]3C)c(C)ccc12.Cc1ccc2c(n1)oc1c(-c3cc4ccccc4c[n+]3C)c(C)ccc12.Cc1ccc2c(n1)oc1c(-c3ccc4ccccc4[n+]3C)c(C)ccc12.[2H]C([2H])([2H])C([2H])(C)c1ccc2c(-c3c(C)ccc4c3oc3nc(C)ccc34)[n+](C)ccc2c1. The van der Waals surface area contributed by atoms with Gasteiger partial charge in [0, 0.05) is 135 Å². The first-order chi connectivity index (χ1) is 68.6. The molecule has 0 radical (unpaired) electrons. The molecule has 0 bridgehead atoms. The third-order valence-electron chi connectivity index (χ3n) is 27.8. The van der Waals surface area contributed by atoms with Crippen LogP contribution in [0.5, 0.6) is 0 Å². The highest BCUT2D eigenvalue weighted by Gasteiger charge is 2.31. The van der Waals surface area contributed by atoms with Crippen LogP contribution in [0, 0.1) is 69.2 Å². The number of hydrogen-bond donors (Lipinski definition) is 0. The number of hydrogen-bond acceptors (Lipinski definition) is 10. The number of furan rings is 5. The fourth-order valence-electron chi connectivity index (χ4n) is 20.2. The second kappa shape index (κ2) is 35.6. The minimum Gasteiger partial charge on any atom is -0.437 e. The maximum atomic E-state index is 8.49. The first-order valence-corrected chi connectivity index (χ1v) is 47.6. The molecule has 1 atom stereocenters. The van der Waals surface area contributed by atoms with Crippen molar-refractivity contribution in [1.29, 1.82) is 0 Å². The maximum Gasteiger partial charge on any atom is 0.227 e. The van der Waals surface area contributed by atoms with Gasteiger partial charge in [-0.2, -0.15) is 4.57 Å². The molecule has 15 aromatic heterocycles. The van der Waals surface area contributed by atoms with E-state index in [0.717, 1.165) is 171 Å². The zero-order chi connectivity index (χ0) is 99.9. The molecule has 0 spiro atoms. The second-order valence-corrected chi connectivity index (χ2v) is 38.2. The fourth-order valence-corrected chi connectivity index (χ4v) is 20.2. The Balaban J connectivity index is 0.000000106. The lowest BCUT2D eigenvalue weighted by Gasteiger charge is -2.11. The highest BCUT2D eigenvalue weighted by molar-refractivity contribution is 6.16. The molecule has 0 N–H and O–H groups in total. The van der Waals surface area contributed by atoms with Gasteiger partial charge in [-0.1, -0.05) is 169 Å². The zero-order valence-electron chi connectivity index (χ0n) is 86.3. The molecule has 0 aliphatic carbocycles. The average molecular weight is 1830 g/mol. The van der Waals surface area contributed by atoms with Crippen LogP contribution in [0.1, 0.15) is 138 Å². The summed E-state index contributed by atoms with van der Waals surface area (Å²) in [6.07, 6.45) is 8.42. The molecule has 25 aromatic rings. The summed E-state index contributed by atoms with van der Waals surface area (Å²) >= 11 is 0. The van der Waals surface area contributed by atoms with Gasteiger partial charge in [-0.05, 0) is 250 Å². The lowest BCUT2D eigenvalue weighted by molar-refractivity contribution is -0.659. The first-order valence-electron chi connectivity index (χ1n) is 49.6. The normalized spacial score (nSPS) is 12.8. The Bertz CT molecular complexity index is 9200. The van der Waals surface area contributed by atoms with Crippen molar-refractivity contribution in [3.63, 3.8) is 0 Å². The van der Waals surface area contributed by atoms with Crippen LogP contribution in [0.15, 0.2) is 308 Å². The number of fused-ring (bicyclic) bond motifs is 20. The van der Waals surface area contributed by atoms with E-state index in [1.54, 1.807) is 6.07 Å². The van der Waals surface area contributed by atoms with E-state index in [1.165, 1.54) is 94.9 Å². The quantitative estimate of drug-likeness (QED) is 0.135. The summed E-state index contributed by atoms with van der Waals surface area (Å²) in [4.78, 5) is 23.0. The molecule has 684 valence electrons. The van der Waals surface area contributed by atoms with Gasteiger partial charge in [0.15, 0.2) is 52.7 Å². The van der Waals surface area contributed by atoms with E-state index in [2.05, 4.69) is 357 Å². The van der Waals surface area contributed by atoms with Crippen LogP contribution in [0.4, 0.5) is 0 Å². The zero-order valence-corrected chi connectivity index (χ0v) is 82.3. The molecule has 15 heterocycles. The number of aromatic nitrogens is 10. The van der Waals surface area contributed by atoms with Crippen molar-refractivity contribution in [2.45, 2.75) is 128 Å². The van der Waals surface area contributed by atoms with Gasteiger partial charge in [0.25, 0.3) is 0 Å². The molecule has 10 aromatic carbocycles. The average Bonchev–Trinajstić information content (AvgIpc) is 1.65. The fraction of sp³-hybridized carbons (Fsp3) is 0.194. The minimum absolute atomic E-state index is 0.466. The van der Waals surface area contributed by atoms with Gasteiger partial charge < -0.3 is 22.1 Å². The topological polar surface area (TPSA) is 150 Å². The van der Waals surface area contributed by atoms with Gasteiger partial charge in [0.2, 0.25) is 62.6 Å². The van der Waals surface area contributed by atoms with Crippen LogP contribution in [0.2, 0.25) is 0 Å². The standard InChI is InChI=1S/3C26H25N2O.2C23H19N2O/c3*1-15(2)18-8-11-20-19(14-18)12-13-28(5)24(20)23-16(3)6-9-21-22-10-7-17(4)27-26(22)29-25(21)23;1-14-8-11-17-18-12-9-15(2)24-23(18)26-22(17)21(14)20-13-10-16-6-4-5-7-19(16)25(20)3;1-14-8-10-18-19-11-9-15(2)24-23(19)26-22(18)21(14)20-12-16-6-4-5-7-17(16)13-25(20)3/h3*6-15H,1-5H3;2*4-13H,1-3H3/q5*+1/i1D3,15D;;;;. The molecular formula is C124H113N10O5+5. The van der Waals surface area contributed by atoms with Gasteiger partial charge in [-0.15, -0.1) is 0 Å². The molecule has 0 amide bonds. The van der Waals surface area contributed by atoms with Crippen LogP contribution < -0.4 is 22.8 Å². The van der Waals surface area contributed by atoms with Crippen LogP contribution in [0.3, 0.4) is 0 Å². The molecule has 0 saturated heterocycles. The number of benzene rings is 10. The molecule has 0 aliphatic heterocycles. The minimum atomic E-state index is -2.43. The molecule has 139 heavy (non-hydrogen) atoms. The Morgan fingerprint density at radius 3 is 0.906 bits per heavy atom. The highest BCUT2D eigenvalue weighted by atomic mass is 16.4. The lowest BCUT2D eigenvalue weighted by Crippen LogP contribution is -2.32. The van der Waals surface area contributed by atoms with Crippen molar-refractivity contribution < 1.29 is 50.4 Å². The molecule has 25 rings (SSSR count). The Hall–Kier alpha value is -16.0. The third kappa shape index (κ3) is 16.0. The summed E-state index contributed by atoms with van der Waals surface area (Å²) in [5.74, 6) is -0.685. The van der Waals surface area contributed by atoms with Crippen molar-refractivity contribution in [3.8, 4) is 56.3 Å². The number of aryl methyl sites for hydroxylation is 15.